The maximum Gasteiger partial charge on any atom is 0.339 e. The maximum atomic E-state index is 12.3. The van der Waals surface area contributed by atoms with Crippen LogP contribution < -0.4 is 15.4 Å². The van der Waals surface area contributed by atoms with E-state index in [2.05, 4.69) is 10.6 Å². The van der Waals surface area contributed by atoms with Gasteiger partial charge in [0.2, 0.25) is 0 Å². The minimum Gasteiger partial charge on any atom is -0.482 e. The number of benzene rings is 2. The van der Waals surface area contributed by atoms with E-state index in [1.165, 1.54) is 19.1 Å². The van der Waals surface area contributed by atoms with Crippen molar-refractivity contribution < 1.29 is 23.9 Å². The first kappa shape index (κ1) is 18.4. The summed E-state index contributed by atoms with van der Waals surface area (Å²) in [7, 11) is 0. The number of hydrogen-bond donors (Lipinski definition) is 2. The largest absolute Gasteiger partial charge is 0.482 e. The summed E-state index contributed by atoms with van der Waals surface area (Å²) >= 11 is 0. The van der Waals surface area contributed by atoms with Gasteiger partial charge in [0.1, 0.15) is 5.75 Å². The molecule has 1 atom stereocenters. The van der Waals surface area contributed by atoms with Crippen molar-refractivity contribution in [2.24, 2.45) is 0 Å². The van der Waals surface area contributed by atoms with E-state index in [9.17, 15) is 14.4 Å². The van der Waals surface area contributed by atoms with E-state index in [0.29, 0.717) is 24.4 Å². The molecule has 140 valence electrons. The Balaban J connectivity index is 1.51. The number of esters is 1. The number of carbonyl (C=O) groups excluding carboxylic acids is 3. The molecule has 27 heavy (non-hydrogen) atoms. The van der Waals surface area contributed by atoms with Crippen LogP contribution in [0.25, 0.3) is 0 Å². The van der Waals surface area contributed by atoms with E-state index in [1.807, 2.05) is 30.3 Å². The molecule has 2 aromatic rings. The van der Waals surface area contributed by atoms with Gasteiger partial charge >= 0.3 is 5.97 Å². The van der Waals surface area contributed by atoms with Crippen molar-refractivity contribution in [1.29, 1.82) is 0 Å². The van der Waals surface area contributed by atoms with Crippen molar-refractivity contribution in [1.82, 2.24) is 5.32 Å². The fraction of sp³-hybridized carbons (Fsp3) is 0.250. The number of rotatable bonds is 6. The molecule has 1 unspecified atom stereocenters. The van der Waals surface area contributed by atoms with Gasteiger partial charge < -0.3 is 20.1 Å². The van der Waals surface area contributed by atoms with Gasteiger partial charge in [0, 0.05) is 6.54 Å². The lowest BCUT2D eigenvalue weighted by Crippen LogP contribution is -2.37. The first-order valence-electron chi connectivity index (χ1n) is 8.62. The maximum absolute atomic E-state index is 12.3. The molecule has 0 radical (unpaired) electrons. The highest BCUT2D eigenvalue weighted by Gasteiger charge is 2.21. The van der Waals surface area contributed by atoms with Crippen LogP contribution in [-0.4, -0.2) is 37.0 Å². The van der Waals surface area contributed by atoms with Crippen LogP contribution in [0.15, 0.2) is 48.5 Å². The Bertz CT molecular complexity index is 851. The average molecular weight is 368 g/mol. The van der Waals surface area contributed by atoms with Gasteiger partial charge in [-0.05, 0) is 37.1 Å². The van der Waals surface area contributed by atoms with Gasteiger partial charge in [-0.15, -0.1) is 0 Å². The zero-order chi connectivity index (χ0) is 19.2. The van der Waals surface area contributed by atoms with Crippen LogP contribution in [-0.2, 0) is 20.7 Å². The van der Waals surface area contributed by atoms with E-state index in [-0.39, 0.29) is 24.0 Å². The molecular weight excluding hydrogens is 348 g/mol. The third kappa shape index (κ3) is 4.84. The Hall–Kier alpha value is -3.35. The normalized spacial score (nSPS) is 13.6. The third-order valence-corrected chi connectivity index (χ3v) is 4.06. The molecule has 1 heterocycles. The van der Waals surface area contributed by atoms with Gasteiger partial charge in [-0.1, -0.05) is 30.3 Å². The zero-order valence-electron chi connectivity index (χ0n) is 14.9. The van der Waals surface area contributed by atoms with Crippen LogP contribution in [0.3, 0.4) is 0 Å². The Morgan fingerprint density at radius 3 is 2.78 bits per heavy atom. The highest BCUT2D eigenvalue weighted by Crippen LogP contribution is 2.28. The van der Waals surface area contributed by atoms with E-state index in [0.717, 1.165) is 5.56 Å². The van der Waals surface area contributed by atoms with Crippen LogP contribution in [0, 0.1) is 0 Å². The Morgan fingerprint density at radius 1 is 1.22 bits per heavy atom. The van der Waals surface area contributed by atoms with Gasteiger partial charge in [-0.3, -0.25) is 9.59 Å². The van der Waals surface area contributed by atoms with Crippen molar-refractivity contribution in [2.75, 3.05) is 18.5 Å². The molecular formula is C20H20N2O5. The number of hydrogen-bond acceptors (Lipinski definition) is 5. The molecule has 0 aliphatic carbocycles. The molecule has 0 bridgehead atoms. The number of carbonyl (C=O) groups is 3. The van der Waals surface area contributed by atoms with Crippen molar-refractivity contribution in [3.8, 4) is 5.75 Å². The highest BCUT2D eigenvalue weighted by atomic mass is 16.5. The molecule has 0 saturated carbocycles. The predicted molar refractivity (Wildman–Crippen MR) is 98.6 cm³/mol. The van der Waals surface area contributed by atoms with Crippen LogP contribution >= 0.6 is 0 Å². The summed E-state index contributed by atoms with van der Waals surface area (Å²) in [5.74, 6) is -0.854. The molecule has 2 N–H and O–H groups in total. The number of amides is 2. The fourth-order valence-electron chi connectivity index (χ4n) is 2.60. The van der Waals surface area contributed by atoms with Crippen molar-refractivity contribution in [3.05, 3.63) is 59.7 Å². The smallest absolute Gasteiger partial charge is 0.339 e. The molecule has 2 aromatic carbocycles. The van der Waals surface area contributed by atoms with Crippen molar-refractivity contribution >= 4 is 23.5 Å². The molecule has 0 aromatic heterocycles. The number of ether oxygens (including phenoxy) is 2. The second-order valence-electron chi connectivity index (χ2n) is 6.12. The summed E-state index contributed by atoms with van der Waals surface area (Å²) in [5, 5.41) is 5.40. The first-order chi connectivity index (χ1) is 13.0. The van der Waals surface area contributed by atoms with Gasteiger partial charge in [-0.25, -0.2) is 4.79 Å². The average Bonchev–Trinajstić information content (AvgIpc) is 2.68. The summed E-state index contributed by atoms with van der Waals surface area (Å²) in [6.45, 7) is 1.87. The summed E-state index contributed by atoms with van der Waals surface area (Å²) in [6.07, 6.45) is -0.230. The van der Waals surface area contributed by atoms with Gasteiger partial charge in [0.15, 0.2) is 12.7 Å². The molecule has 3 rings (SSSR count). The molecule has 0 fully saturated rings. The quantitative estimate of drug-likeness (QED) is 0.760. The summed E-state index contributed by atoms with van der Waals surface area (Å²) in [5.41, 5.74) is 1.85. The summed E-state index contributed by atoms with van der Waals surface area (Å²) < 4.78 is 10.5. The minimum atomic E-state index is -0.926. The van der Waals surface area contributed by atoms with Crippen LogP contribution in [0.5, 0.6) is 5.75 Å². The standard InChI is InChI=1S/C20H20N2O5/c1-13(19(24)21-10-9-14-5-3-2-4-6-14)27-20(25)15-7-8-16-17(11-15)26-12-18(23)22-16/h2-8,11,13H,9-10,12H2,1H3,(H,21,24)(H,22,23). The number of nitrogens with one attached hydrogen (secondary N) is 2. The SMILES string of the molecule is CC(OC(=O)c1ccc2c(c1)OCC(=O)N2)C(=O)NCCc1ccccc1. The van der Waals surface area contributed by atoms with E-state index >= 15 is 0 Å². The fourth-order valence-corrected chi connectivity index (χ4v) is 2.60. The lowest BCUT2D eigenvalue weighted by Gasteiger charge is -2.18. The topological polar surface area (TPSA) is 93.7 Å². The molecule has 7 heteroatoms. The number of anilines is 1. The second kappa shape index (κ2) is 8.35. The van der Waals surface area contributed by atoms with Gasteiger partial charge in [0.25, 0.3) is 11.8 Å². The summed E-state index contributed by atoms with van der Waals surface area (Å²) in [6, 6.07) is 14.3. The Kier molecular flexibility index (Phi) is 5.71. The molecule has 2 amide bonds. The highest BCUT2D eigenvalue weighted by molar-refractivity contribution is 5.98. The van der Waals surface area contributed by atoms with Gasteiger partial charge in [-0.2, -0.15) is 0 Å². The van der Waals surface area contributed by atoms with E-state index in [4.69, 9.17) is 9.47 Å². The molecule has 1 aliphatic rings. The van der Waals surface area contributed by atoms with Gasteiger partial charge in [0.05, 0.1) is 11.3 Å². The van der Waals surface area contributed by atoms with Crippen LogP contribution in [0.2, 0.25) is 0 Å². The van der Waals surface area contributed by atoms with E-state index in [1.54, 1.807) is 6.07 Å². The monoisotopic (exact) mass is 368 g/mol. The Morgan fingerprint density at radius 2 is 2.00 bits per heavy atom. The first-order valence-corrected chi connectivity index (χ1v) is 8.62. The number of fused-ring (bicyclic) bond motifs is 1. The lowest BCUT2D eigenvalue weighted by molar-refractivity contribution is -0.129. The third-order valence-electron chi connectivity index (χ3n) is 4.06. The van der Waals surface area contributed by atoms with Crippen LogP contribution in [0.4, 0.5) is 5.69 Å². The molecule has 1 aliphatic heterocycles. The second-order valence-corrected chi connectivity index (χ2v) is 6.12. The molecule has 0 saturated heterocycles. The zero-order valence-corrected chi connectivity index (χ0v) is 14.9. The minimum absolute atomic E-state index is 0.105. The Labute approximate surface area is 156 Å². The van der Waals surface area contributed by atoms with Crippen LogP contribution in [0.1, 0.15) is 22.8 Å². The summed E-state index contributed by atoms with van der Waals surface area (Å²) in [4.78, 5) is 35.6. The molecule has 7 nitrogen and oxygen atoms in total. The van der Waals surface area contributed by atoms with E-state index < -0.39 is 12.1 Å². The van der Waals surface area contributed by atoms with Crippen molar-refractivity contribution in [2.45, 2.75) is 19.4 Å². The molecule has 0 spiro atoms. The van der Waals surface area contributed by atoms with Crippen molar-refractivity contribution in [3.63, 3.8) is 0 Å². The lowest BCUT2D eigenvalue weighted by atomic mass is 10.1. The predicted octanol–water partition coefficient (Wildman–Crippen LogP) is 1.92.